The van der Waals surface area contributed by atoms with Crippen molar-refractivity contribution in [1.82, 2.24) is 0 Å². The van der Waals surface area contributed by atoms with Crippen molar-refractivity contribution in [1.29, 1.82) is 0 Å². The third-order valence-corrected chi connectivity index (χ3v) is 3.84. The molecule has 1 amide bonds. The second kappa shape index (κ2) is 5.49. The largest absolute Gasteiger partial charge is 0.454 e. The Morgan fingerprint density at radius 3 is 2.67 bits per heavy atom. The van der Waals surface area contributed by atoms with Gasteiger partial charge in [0.25, 0.3) is 5.91 Å². The number of rotatable bonds is 2. The van der Waals surface area contributed by atoms with E-state index in [0.29, 0.717) is 28.5 Å². The van der Waals surface area contributed by atoms with E-state index in [0.717, 1.165) is 5.56 Å². The Balaban J connectivity index is 1.66. The van der Waals surface area contributed by atoms with Crippen LogP contribution in [0.4, 0.5) is 10.1 Å². The van der Waals surface area contributed by atoms with E-state index < -0.39 is 0 Å². The number of hydrogen-bond acceptors (Lipinski definition) is 4. The molecule has 2 aromatic carbocycles. The molecule has 24 heavy (non-hydrogen) atoms. The van der Waals surface area contributed by atoms with Gasteiger partial charge in [-0.25, -0.2) is 4.39 Å². The van der Waals surface area contributed by atoms with Crippen LogP contribution in [0.25, 0.3) is 6.08 Å². The highest BCUT2D eigenvalue weighted by atomic mass is 19.1. The van der Waals surface area contributed by atoms with Gasteiger partial charge in [0, 0.05) is 0 Å². The van der Waals surface area contributed by atoms with Crippen molar-refractivity contribution in [3.8, 4) is 11.5 Å². The molecule has 0 aliphatic carbocycles. The Labute approximate surface area is 137 Å². The van der Waals surface area contributed by atoms with Gasteiger partial charge in [-0.1, -0.05) is 6.07 Å². The van der Waals surface area contributed by atoms with Crippen molar-refractivity contribution in [3.63, 3.8) is 0 Å². The maximum atomic E-state index is 13.0. The molecule has 4 rings (SSSR count). The first-order chi connectivity index (χ1) is 11.6. The molecule has 0 atom stereocenters. The standard InChI is InChI=1S/C18H13FN2O3/c1-11-15(8-12-2-7-16-17(9-12)24-10-23-16)18(22)21(20-11)14-5-3-13(19)4-6-14/h2-9H,10H2,1H3/b15-8-. The third kappa shape index (κ3) is 2.42. The number of hydrogen-bond donors (Lipinski definition) is 0. The second-order valence-corrected chi connectivity index (χ2v) is 5.45. The van der Waals surface area contributed by atoms with E-state index in [2.05, 4.69) is 5.10 Å². The Morgan fingerprint density at radius 2 is 1.88 bits per heavy atom. The maximum Gasteiger partial charge on any atom is 0.280 e. The van der Waals surface area contributed by atoms with Gasteiger partial charge >= 0.3 is 0 Å². The predicted molar refractivity (Wildman–Crippen MR) is 87.5 cm³/mol. The lowest BCUT2D eigenvalue weighted by Crippen LogP contribution is -2.21. The summed E-state index contributed by atoms with van der Waals surface area (Å²) >= 11 is 0. The number of ether oxygens (including phenoxy) is 2. The van der Waals surface area contributed by atoms with Gasteiger partial charge in [0.1, 0.15) is 5.82 Å². The summed E-state index contributed by atoms with van der Waals surface area (Å²) in [5.74, 6) is 0.729. The van der Waals surface area contributed by atoms with E-state index in [4.69, 9.17) is 9.47 Å². The van der Waals surface area contributed by atoms with E-state index >= 15 is 0 Å². The zero-order valence-corrected chi connectivity index (χ0v) is 12.8. The van der Waals surface area contributed by atoms with E-state index in [1.54, 1.807) is 19.1 Å². The molecule has 2 aliphatic heterocycles. The average Bonchev–Trinajstić information content (AvgIpc) is 3.15. The molecule has 0 aromatic heterocycles. The van der Waals surface area contributed by atoms with Crippen LogP contribution in [0.3, 0.4) is 0 Å². The van der Waals surface area contributed by atoms with E-state index in [9.17, 15) is 9.18 Å². The molecule has 0 spiro atoms. The summed E-state index contributed by atoms with van der Waals surface area (Å²) < 4.78 is 23.7. The smallest absolute Gasteiger partial charge is 0.280 e. The van der Waals surface area contributed by atoms with Crippen LogP contribution in [-0.4, -0.2) is 18.4 Å². The molecule has 6 heteroatoms. The SMILES string of the molecule is CC1=NN(c2ccc(F)cc2)C(=O)/C1=C\c1ccc2c(c1)OCO2. The summed E-state index contributed by atoms with van der Waals surface area (Å²) in [6, 6.07) is 11.1. The molecular formula is C18H13FN2O3. The molecule has 2 aromatic rings. The van der Waals surface area contributed by atoms with Crippen LogP contribution in [0, 0.1) is 5.82 Å². The zero-order valence-electron chi connectivity index (χ0n) is 12.8. The molecule has 0 fully saturated rings. The number of halogens is 1. The van der Waals surface area contributed by atoms with Crippen LogP contribution >= 0.6 is 0 Å². The highest BCUT2D eigenvalue weighted by Gasteiger charge is 2.28. The first-order valence-corrected chi connectivity index (χ1v) is 7.39. The summed E-state index contributed by atoms with van der Waals surface area (Å²) in [5, 5.41) is 5.54. The Hall–Kier alpha value is -3.15. The summed E-state index contributed by atoms with van der Waals surface area (Å²) in [5.41, 5.74) is 2.42. The summed E-state index contributed by atoms with van der Waals surface area (Å²) in [7, 11) is 0. The minimum absolute atomic E-state index is 0.202. The molecule has 120 valence electrons. The number of anilines is 1. The van der Waals surface area contributed by atoms with Gasteiger partial charge in [-0.2, -0.15) is 10.1 Å². The lowest BCUT2D eigenvalue weighted by atomic mass is 10.1. The van der Waals surface area contributed by atoms with Gasteiger partial charge in [0.2, 0.25) is 6.79 Å². The van der Waals surface area contributed by atoms with Crippen LogP contribution in [0.2, 0.25) is 0 Å². The fraction of sp³-hybridized carbons (Fsp3) is 0.111. The van der Waals surface area contributed by atoms with Gasteiger partial charge in [-0.15, -0.1) is 0 Å². The fourth-order valence-corrected chi connectivity index (χ4v) is 2.61. The van der Waals surface area contributed by atoms with Crippen molar-refractivity contribution >= 4 is 23.4 Å². The lowest BCUT2D eigenvalue weighted by Gasteiger charge is -2.11. The van der Waals surface area contributed by atoms with Gasteiger partial charge in [-0.05, 0) is 55.0 Å². The summed E-state index contributed by atoms with van der Waals surface area (Å²) in [6.45, 7) is 1.97. The first-order valence-electron chi connectivity index (χ1n) is 7.39. The Morgan fingerprint density at radius 1 is 1.12 bits per heavy atom. The van der Waals surface area contributed by atoms with Crippen LogP contribution in [0.15, 0.2) is 53.1 Å². The van der Waals surface area contributed by atoms with Crippen molar-refractivity contribution in [3.05, 3.63) is 59.4 Å². The zero-order chi connectivity index (χ0) is 16.7. The van der Waals surface area contributed by atoms with Crippen molar-refractivity contribution in [2.24, 2.45) is 5.10 Å². The van der Waals surface area contributed by atoms with Gasteiger partial charge in [0.15, 0.2) is 11.5 Å². The molecule has 2 aliphatic rings. The van der Waals surface area contributed by atoms with Crippen molar-refractivity contribution in [2.45, 2.75) is 6.92 Å². The van der Waals surface area contributed by atoms with Crippen molar-refractivity contribution < 1.29 is 18.7 Å². The first kappa shape index (κ1) is 14.4. The number of hydrazone groups is 1. The molecule has 0 bridgehead atoms. The van der Waals surface area contributed by atoms with E-state index in [-0.39, 0.29) is 18.5 Å². The number of amides is 1. The van der Waals surface area contributed by atoms with Gasteiger partial charge < -0.3 is 9.47 Å². The van der Waals surface area contributed by atoms with Gasteiger partial charge in [-0.3, -0.25) is 4.79 Å². The lowest BCUT2D eigenvalue weighted by molar-refractivity contribution is -0.114. The molecule has 2 heterocycles. The molecule has 0 N–H and O–H groups in total. The predicted octanol–water partition coefficient (Wildman–Crippen LogP) is 3.36. The minimum atomic E-state index is -0.359. The summed E-state index contributed by atoms with van der Waals surface area (Å²) in [6.07, 6.45) is 1.76. The Bertz CT molecular complexity index is 888. The normalized spacial score (nSPS) is 17.6. The van der Waals surface area contributed by atoms with Crippen LogP contribution in [0.1, 0.15) is 12.5 Å². The van der Waals surface area contributed by atoms with Crippen LogP contribution in [0.5, 0.6) is 11.5 Å². The quantitative estimate of drug-likeness (QED) is 0.796. The number of carbonyl (C=O) groups is 1. The van der Waals surface area contributed by atoms with E-state index in [1.807, 2.05) is 12.1 Å². The number of benzene rings is 2. The number of fused-ring (bicyclic) bond motifs is 1. The van der Waals surface area contributed by atoms with Crippen molar-refractivity contribution in [2.75, 3.05) is 11.8 Å². The topological polar surface area (TPSA) is 51.1 Å². The maximum absolute atomic E-state index is 13.0. The monoisotopic (exact) mass is 324 g/mol. The molecule has 0 saturated heterocycles. The van der Waals surface area contributed by atoms with E-state index in [1.165, 1.54) is 29.3 Å². The van der Waals surface area contributed by atoms with Gasteiger partial charge in [0.05, 0.1) is 17.0 Å². The third-order valence-electron chi connectivity index (χ3n) is 3.84. The molecule has 0 radical (unpaired) electrons. The van der Waals surface area contributed by atoms with Crippen LogP contribution < -0.4 is 14.5 Å². The number of carbonyl (C=O) groups excluding carboxylic acids is 1. The average molecular weight is 324 g/mol. The highest BCUT2D eigenvalue weighted by molar-refractivity contribution is 6.32. The molecule has 0 saturated carbocycles. The van der Waals surface area contributed by atoms with Crippen LogP contribution in [-0.2, 0) is 4.79 Å². The highest BCUT2D eigenvalue weighted by Crippen LogP contribution is 2.33. The summed E-state index contributed by atoms with van der Waals surface area (Å²) in [4.78, 5) is 12.6. The fourth-order valence-electron chi connectivity index (χ4n) is 2.61. The number of nitrogens with zero attached hydrogens (tertiary/aromatic N) is 2. The molecule has 0 unspecified atom stereocenters. The Kier molecular flexibility index (Phi) is 3.30. The molecule has 5 nitrogen and oxygen atoms in total. The second-order valence-electron chi connectivity index (χ2n) is 5.45. The molecular weight excluding hydrogens is 311 g/mol. The minimum Gasteiger partial charge on any atom is -0.454 e.